The summed E-state index contributed by atoms with van der Waals surface area (Å²) in [5.41, 5.74) is 0.633. The number of nitrogens with one attached hydrogen (secondary N) is 1. The molecular weight excluding hydrogens is 222 g/mol. The first-order valence-electron chi connectivity index (χ1n) is 5.34. The van der Waals surface area contributed by atoms with Gasteiger partial charge in [-0.2, -0.15) is 0 Å². The lowest BCUT2D eigenvalue weighted by molar-refractivity contribution is 0.0936. The molecule has 0 spiro atoms. The van der Waals surface area contributed by atoms with Gasteiger partial charge in [0.15, 0.2) is 0 Å². The zero-order valence-corrected chi connectivity index (χ0v) is 10.2. The van der Waals surface area contributed by atoms with E-state index in [2.05, 4.69) is 17.9 Å². The van der Waals surface area contributed by atoms with Gasteiger partial charge >= 0.3 is 0 Å². The minimum atomic E-state index is -0.0845. The summed E-state index contributed by atoms with van der Waals surface area (Å²) in [6.07, 6.45) is 1.49. The Hall–Kier alpha value is -1.00. The van der Waals surface area contributed by atoms with Crippen molar-refractivity contribution in [1.82, 2.24) is 5.32 Å². The van der Waals surface area contributed by atoms with Crippen molar-refractivity contribution in [3.8, 4) is 0 Å². The fraction of sp³-hybridized carbons (Fsp3) is 0.417. The van der Waals surface area contributed by atoms with Crippen LogP contribution in [0.3, 0.4) is 0 Å². The molecule has 0 heterocycles. The van der Waals surface area contributed by atoms with Gasteiger partial charge in [-0.3, -0.25) is 4.79 Å². The molecule has 88 valence electrons. The number of thiol groups is 1. The third kappa shape index (κ3) is 4.24. The van der Waals surface area contributed by atoms with Crippen molar-refractivity contribution >= 4 is 18.5 Å². The van der Waals surface area contributed by atoms with Gasteiger partial charge in [0, 0.05) is 23.1 Å². The summed E-state index contributed by atoms with van der Waals surface area (Å²) < 4.78 is 0. The fourth-order valence-electron chi connectivity index (χ4n) is 1.39. The van der Waals surface area contributed by atoms with Crippen LogP contribution in [0, 0.1) is 0 Å². The molecule has 1 aromatic rings. The Balaban J connectivity index is 2.48. The summed E-state index contributed by atoms with van der Waals surface area (Å²) in [5, 5.41) is 11.6. The van der Waals surface area contributed by atoms with Crippen LogP contribution in [0.25, 0.3) is 0 Å². The van der Waals surface area contributed by atoms with Crippen LogP contribution in [-0.2, 0) is 0 Å². The number of benzene rings is 1. The maximum absolute atomic E-state index is 11.7. The average Bonchev–Trinajstić information content (AvgIpc) is 2.27. The van der Waals surface area contributed by atoms with E-state index in [0.29, 0.717) is 12.0 Å². The van der Waals surface area contributed by atoms with Gasteiger partial charge in [-0.1, -0.05) is 0 Å². The molecule has 0 saturated heterocycles. The van der Waals surface area contributed by atoms with Gasteiger partial charge in [-0.05, 0) is 44.0 Å². The quantitative estimate of drug-likeness (QED) is 0.687. The van der Waals surface area contributed by atoms with Crippen LogP contribution in [0.4, 0.5) is 0 Å². The molecule has 0 aliphatic rings. The van der Waals surface area contributed by atoms with Crippen LogP contribution in [-0.4, -0.2) is 23.7 Å². The highest BCUT2D eigenvalue weighted by Crippen LogP contribution is 2.08. The van der Waals surface area contributed by atoms with Gasteiger partial charge in [0.25, 0.3) is 5.91 Å². The van der Waals surface area contributed by atoms with Crippen molar-refractivity contribution in [2.24, 2.45) is 0 Å². The van der Waals surface area contributed by atoms with Gasteiger partial charge in [-0.15, -0.1) is 12.6 Å². The second-order valence-electron chi connectivity index (χ2n) is 3.79. The third-order valence-corrected chi connectivity index (χ3v) is 2.60. The fourth-order valence-corrected chi connectivity index (χ4v) is 1.54. The predicted octanol–water partition coefficient (Wildman–Crippen LogP) is 1.87. The molecule has 0 aliphatic carbocycles. The standard InChI is InChI=1S/C12H17NO2S/c1-9(3-2-8-14)13-12(15)10-4-6-11(16)7-5-10/h4-7,9,14,16H,2-3,8H2,1H3,(H,13,15). The normalized spacial score (nSPS) is 12.2. The largest absolute Gasteiger partial charge is 0.396 e. The summed E-state index contributed by atoms with van der Waals surface area (Å²) >= 11 is 4.16. The number of carbonyl (C=O) groups excluding carboxylic acids is 1. The number of amides is 1. The van der Waals surface area contributed by atoms with Crippen LogP contribution >= 0.6 is 12.6 Å². The van der Waals surface area contributed by atoms with Crippen LogP contribution in [0.2, 0.25) is 0 Å². The van der Waals surface area contributed by atoms with Crippen molar-refractivity contribution in [2.75, 3.05) is 6.61 Å². The Kier molecular flexibility index (Phi) is 5.35. The molecule has 1 rings (SSSR count). The van der Waals surface area contributed by atoms with E-state index >= 15 is 0 Å². The lowest BCUT2D eigenvalue weighted by Crippen LogP contribution is -2.32. The van der Waals surface area contributed by atoms with Gasteiger partial charge in [0.05, 0.1) is 0 Å². The number of rotatable bonds is 5. The van der Waals surface area contributed by atoms with Crippen molar-refractivity contribution in [1.29, 1.82) is 0 Å². The number of hydrogen-bond acceptors (Lipinski definition) is 3. The summed E-state index contributed by atoms with van der Waals surface area (Å²) in [7, 11) is 0. The molecule has 1 aromatic carbocycles. The first kappa shape index (κ1) is 13.1. The van der Waals surface area contributed by atoms with E-state index in [9.17, 15) is 4.79 Å². The van der Waals surface area contributed by atoms with E-state index in [4.69, 9.17) is 5.11 Å². The van der Waals surface area contributed by atoms with Gasteiger partial charge in [-0.25, -0.2) is 0 Å². The lowest BCUT2D eigenvalue weighted by atomic mass is 10.1. The smallest absolute Gasteiger partial charge is 0.251 e. The Morgan fingerprint density at radius 3 is 2.62 bits per heavy atom. The highest BCUT2D eigenvalue weighted by atomic mass is 32.1. The van der Waals surface area contributed by atoms with Crippen molar-refractivity contribution < 1.29 is 9.90 Å². The second kappa shape index (κ2) is 6.55. The van der Waals surface area contributed by atoms with E-state index in [1.54, 1.807) is 24.3 Å². The zero-order valence-electron chi connectivity index (χ0n) is 9.31. The Labute approximate surface area is 101 Å². The number of aliphatic hydroxyl groups excluding tert-OH is 1. The van der Waals surface area contributed by atoms with Crippen LogP contribution in [0.5, 0.6) is 0 Å². The zero-order chi connectivity index (χ0) is 12.0. The molecule has 0 fully saturated rings. The number of aliphatic hydroxyl groups is 1. The third-order valence-electron chi connectivity index (χ3n) is 2.30. The van der Waals surface area contributed by atoms with E-state index in [0.717, 1.165) is 11.3 Å². The maximum atomic E-state index is 11.7. The predicted molar refractivity (Wildman–Crippen MR) is 66.9 cm³/mol. The number of hydrogen-bond donors (Lipinski definition) is 3. The van der Waals surface area contributed by atoms with Crippen LogP contribution in [0.15, 0.2) is 29.2 Å². The summed E-state index contributed by atoms with van der Waals surface area (Å²) in [6.45, 7) is 2.09. The highest BCUT2D eigenvalue weighted by molar-refractivity contribution is 7.80. The SMILES string of the molecule is CC(CCCO)NC(=O)c1ccc(S)cc1. The molecule has 1 amide bonds. The summed E-state index contributed by atoms with van der Waals surface area (Å²) in [6, 6.07) is 7.15. The van der Waals surface area contributed by atoms with Crippen LogP contribution in [0.1, 0.15) is 30.1 Å². The molecule has 2 N–H and O–H groups in total. The van der Waals surface area contributed by atoms with Crippen molar-refractivity contribution in [3.63, 3.8) is 0 Å². The molecule has 0 radical (unpaired) electrons. The van der Waals surface area contributed by atoms with E-state index in [1.165, 1.54) is 0 Å². The summed E-state index contributed by atoms with van der Waals surface area (Å²) in [4.78, 5) is 12.6. The average molecular weight is 239 g/mol. The van der Waals surface area contributed by atoms with Crippen LogP contribution < -0.4 is 5.32 Å². The molecule has 4 heteroatoms. The molecule has 0 saturated carbocycles. The molecule has 1 unspecified atom stereocenters. The number of carbonyl (C=O) groups is 1. The minimum absolute atomic E-state index is 0.0790. The highest BCUT2D eigenvalue weighted by Gasteiger charge is 2.08. The summed E-state index contributed by atoms with van der Waals surface area (Å²) in [5.74, 6) is -0.0845. The van der Waals surface area contributed by atoms with E-state index in [-0.39, 0.29) is 18.6 Å². The molecule has 0 aromatic heterocycles. The minimum Gasteiger partial charge on any atom is -0.396 e. The lowest BCUT2D eigenvalue weighted by Gasteiger charge is -2.13. The van der Waals surface area contributed by atoms with Gasteiger partial charge < -0.3 is 10.4 Å². The van der Waals surface area contributed by atoms with E-state index < -0.39 is 0 Å². The molecule has 16 heavy (non-hydrogen) atoms. The molecule has 0 bridgehead atoms. The molecule has 1 atom stereocenters. The molecule has 0 aliphatic heterocycles. The Morgan fingerprint density at radius 1 is 1.44 bits per heavy atom. The maximum Gasteiger partial charge on any atom is 0.251 e. The molecular formula is C12H17NO2S. The van der Waals surface area contributed by atoms with Crippen molar-refractivity contribution in [2.45, 2.75) is 30.7 Å². The monoisotopic (exact) mass is 239 g/mol. The first-order valence-corrected chi connectivity index (χ1v) is 5.79. The van der Waals surface area contributed by atoms with Crippen molar-refractivity contribution in [3.05, 3.63) is 29.8 Å². The second-order valence-corrected chi connectivity index (χ2v) is 4.30. The first-order chi connectivity index (χ1) is 7.63. The van der Waals surface area contributed by atoms with Gasteiger partial charge in [0.1, 0.15) is 0 Å². The van der Waals surface area contributed by atoms with E-state index in [1.807, 2.05) is 6.92 Å². The molecule has 3 nitrogen and oxygen atoms in total. The van der Waals surface area contributed by atoms with Gasteiger partial charge in [0.2, 0.25) is 0 Å². The topological polar surface area (TPSA) is 49.3 Å². The Morgan fingerprint density at radius 2 is 2.06 bits per heavy atom. The Bertz CT molecular complexity index is 337.